The van der Waals surface area contributed by atoms with Gasteiger partial charge in [-0.2, -0.15) is 0 Å². The van der Waals surface area contributed by atoms with Crippen LogP contribution in [-0.2, 0) is 11.4 Å². The third-order valence-corrected chi connectivity index (χ3v) is 3.71. The highest BCUT2D eigenvalue weighted by Gasteiger charge is 2.21. The summed E-state index contributed by atoms with van der Waals surface area (Å²) in [5.74, 6) is 6.90. The molecule has 0 radical (unpaired) electrons. The maximum Gasteiger partial charge on any atom is 0.0933 e. The summed E-state index contributed by atoms with van der Waals surface area (Å²) in [5.41, 5.74) is 2.66. The van der Waals surface area contributed by atoms with E-state index in [1.54, 1.807) is 0 Å². The maximum absolute atomic E-state index is 5.09. The summed E-state index contributed by atoms with van der Waals surface area (Å²) in [7, 11) is 0. The van der Waals surface area contributed by atoms with Gasteiger partial charge in [0.15, 0.2) is 0 Å². The minimum Gasteiger partial charge on any atom is -0.300 e. The number of hydrogen-bond donors (Lipinski definition) is 1. The van der Waals surface area contributed by atoms with Crippen LogP contribution in [0, 0.1) is 0 Å². The average Bonchev–Trinajstić information content (AvgIpc) is 2.50. The molecular weight excluding hydrogens is 182 g/mol. The molecule has 0 spiro atoms. The SMILES string of the molecule is CC1CSc2cccc(CON)c21. The van der Waals surface area contributed by atoms with Gasteiger partial charge in [-0.25, -0.2) is 5.90 Å². The highest BCUT2D eigenvalue weighted by molar-refractivity contribution is 7.99. The molecule has 70 valence electrons. The highest BCUT2D eigenvalue weighted by Crippen LogP contribution is 2.41. The molecule has 2 rings (SSSR count). The van der Waals surface area contributed by atoms with E-state index in [1.807, 2.05) is 11.8 Å². The van der Waals surface area contributed by atoms with Gasteiger partial charge in [0.1, 0.15) is 0 Å². The lowest BCUT2D eigenvalue weighted by Crippen LogP contribution is -2.03. The predicted octanol–water partition coefficient (Wildman–Crippen LogP) is 2.29. The molecule has 1 aromatic rings. The van der Waals surface area contributed by atoms with Gasteiger partial charge >= 0.3 is 0 Å². The molecule has 1 aliphatic heterocycles. The number of hydrogen-bond acceptors (Lipinski definition) is 3. The molecule has 3 heteroatoms. The van der Waals surface area contributed by atoms with Gasteiger partial charge in [0.25, 0.3) is 0 Å². The van der Waals surface area contributed by atoms with Gasteiger partial charge in [0, 0.05) is 10.6 Å². The quantitative estimate of drug-likeness (QED) is 0.735. The summed E-state index contributed by atoms with van der Waals surface area (Å²) in [5, 5.41) is 0. The molecule has 1 aromatic carbocycles. The Morgan fingerprint density at radius 3 is 3.23 bits per heavy atom. The van der Waals surface area contributed by atoms with Crippen molar-refractivity contribution < 1.29 is 4.84 Å². The van der Waals surface area contributed by atoms with Crippen molar-refractivity contribution in [1.29, 1.82) is 0 Å². The zero-order valence-electron chi connectivity index (χ0n) is 7.62. The predicted molar refractivity (Wildman–Crippen MR) is 54.6 cm³/mol. The molecule has 1 atom stereocenters. The molecule has 0 aliphatic carbocycles. The molecule has 0 saturated heterocycles. The largest absolute Gasteiger partial charge is 0.300 e. The van der Waals surface area contributed by atoms with Crippen LogP contribution in [0.25, 0.3) is 0 Å². The first-order chi connectivity index (χ1) is 6.33. The van der Waals surface area contributed by atoms with E-state index in [1.165, 1.54) is 21.8 Å². The Kier molecular flexibility index (Phi) is 2.58. The maximum atomic E-state index is 5.09. The number of thioether (sulfide) groups is 1. The normalized spacial score (nSPS) is 20.3. The lowest BCUT2D eigenvalue weighted by molar-refractivity contribution is 0.123. The standard InChI is InChI=1S/C10H13NOS/c1-7-6-13-9-4-2-3-8(5-12-11)10(7)9/h2-4,7H,5-6,11H2,1H3. The molecule has 1 aliphatic rings. The van der Waals surface area contributed by atoms with E-state index in [9.17, 15) is 0 Å². The fraction of sp³-hybridized carbons (Fsp3) is 0.400. The Balaban J connectivity index is 2.41. The van der Waals surface area contributed by atoms with Gasteiger partial charge in [-0.15, -0.1) is 11.8 Å². The van der Waals surface area contributed by atoms with E-state index in [4.69, 9.17) is 10.7 Å². The summed E-state index contributed by atoms with van der Waals surface area (Å²) in [6, 6.07) is 6.33. The summed E-state index contributed by atoms with van der Waals surface area (Å²) in [6.45, 7) is 2.77. The van der Waals surface area contributed by atoms with Crippen molar-refractivity contribution in [2.75, 3.05) is 5.75 Å². The van der Waals surface area contributed by atoms with Crippen LogP contribution in [0.3, 0.4) is 0 Å². The van der Waals surface area contributed by atoms with E-state index in [0.717, 1.165) is 0 Å². The molecule has 2 N–H and O–H groups in total. The molecular formula is C10H13NOS. The van der Waals surface area contributed by atoms with Gasteiger partial charge in [0.05, 0.1) is 6.61 Å². The first kappa shape index (κ1) is 9.06. The van der Waals surface area contributed by atoms with Crippen LogP contribution in [0.5, 0.6) is 0 Å². The number of benzene rings is 1. The molecule has 13 heavy (non-hydrogen) atoms. The molecule has 0 amide bonds. The van der Waals surface area contributed by atoms with Crippen molar-refractivity contribution in [1.82, 2.24) is 0 Å². The van der Waals surface area contributed by atoms with Gasteiger partial charge in [0.2, 0.25) is 0 Å². The van der Waals surface area contributed by atoms with Crippen LogP contribution in [0.1, 0.15) is 24.0 Å². The fourth-order valence-electron chi connectivity index (χ4n) is 1.79. The molecule has 0 aromatic heterocycles. The summed E-state index contributed by atoms with van der Waals surface area (Å²) in [4.78, 5) is 6.08. The minimum absolute atomic E-state index is 0.522. The molecule has 2 nitrogen and oxygen atoms in total. The van der Waals surface area contributed by atoms with Crippen LogP contribution in [0.15, 0.2) is 23.1 Å². The van der Waals surface area contributed by atoms with E-state index in [0.29, 0.717) is 12.5 Å². The van der Waals surface area contributed by atoms with Crippen molar-refractivity contribution in [3.05, 3.63) is 29.3 Å². The topological polar surface area (TPSA) is 35.2 Å². The average molecular weight is 195 g/mol. The van der Waals surface area contributed by atoms with E-state index >= 15 is 0 Å². The number of nitrogens with two attached hydrogens (primary N) is 1. The first-order valence-corrected chi connectivity index (χ1v) is 5.37. The Labute approximate surface area is 82.4 Å². The van der Waals surface area contributed by atoms with Gasteiger partial charge in [-0.3, -0.25) is 4.84 Å². The van der Waals surface area contributed by atoms with E-state index in [-0.39, 0.29) is 0 Å². The molecule has 0 bridgehead atoms. The summed E-state index contributed by atoms with van der Waals surface area (Å²) < 4.78 is 0. The van der Waals surface area contributed by atoms with E-state index < -0.39 is 0 Å². The third kappa shape index (κ3) is 1.59. The monoisotopic (exact) mass is 195 g/mol. The smallest absolute Gasteiger partial charge is 0.0933 e. The molecule has 0 saturated carbocycles. The van der Waals surface area contributed by atoms with Crippen molar-refractivity contribution in [2.45, 2.75) is 24.3 Å². The number of rotatable bonds is 2. The molecule has 0 fully saturated rings. The highest BCUT2D eigenvalue weighted by atomic mass is 32.2. The second-order valence-electron chi connectivity index (χ2n) is 3.35. The van der Waals surface area contributed by atoms with Crippen LogP contribution in [0.2, 0.25) is 0 Å². The third-order valence-electron chi connectivity index (χ3n) is 2.38. The Morgan fingerprint density at radius 1 is 1.62 bits per heavy atom. The molecule has 1 unspecified atom stereocenters. The van der Waals surface area contributed by atoms with Crippen LogP contribution >= 0.6 is 11.8 Å². The zero-order chi connectivity index (χ0) is 9.26. The van der Waals surface area contributed by atoms with Crippen molar-refractivity contribution in [2.24, 2.45) is 5.90 Å². The van der Waals surface area contributed by atoms with Crippen LogP contribution < -0.4 is 5.90 Å². The molecule has 1 heterocycles. The van der Waals surface area contributed by atoms with Crippen LogP contribution in [-0.4, -0.2) is 5.75 Å². The lowest BCUT2D eigenvalue weighted by atomic mass is 9.98. The fourth-order valence-corrected chi connectivity index (χ4v) is 3.05. The first-order valence-electron chi connectivity index (χ1n) is 4.39. The Hall–Kier alpha value is -0.510. The zero-order valence-corrected chi connectivity index (χ0v) is 8.43. The van der Waals surface area contributed by atoms with Gasteiger partial charge < -0.3 is 0 Å². The summed E-state index contributed by atoms with van der Waals surface area (Å²) >= 11 is 1.92. The summed E-state index contributed by atoms with van der Waals surface area (Å²) in [6.07, 6.45) is 0. The Morgan fingerprint density at radius 2 is 2.46 bits per heavy atom. The second kappa shape index (κ2) is 3.70. The van der Waals surface area contributed by atoms with Crippen molar-refractivity contribution in [3.63, 3.8) is 0 Å². The van der Waals surface area contributed by atoms with Crippen LogP contribution in [0.4, 0.5) is 0 Å². The number of fused-ring (bicyclic) bond motifs is 1. The second-order valence-corrected chi connectivity index (χ2v) is 4.41. The van der Waals surface area contributed by atoms with Gasteiger partial charge in [-0.05, 0) is 23.1 Å². The van der Waals surface area contributed by atoms with Crippen molar-refractivity contribution >= 4 is 11.8 Å². The van der Waals surface area contributed by atoms with Gasteiger partial charge in [-0.1, -0.05) is 19.1 Å². The Bertz CT molecular complexity index is 314. The lowest BCUT2D eigenvalue weighted by Gasteiger charge is -2.09. The van der Waals surface area contributed by atoms with Crippen molar-refractivity contribution in [3.8, 4) is 0 Å². The van der Waals surface area contributed by atoms with E-state index in [2.05, 4.69) is 25.1 Å². The minimum atomic E-state index is 0.522.